The molecule has 0 aliphatic carbocycles. The summed E-state index contributed by atoms with van der Waals surface area (Å²) in [6.45, 7) is 11.8. The molecule has 0 heterocycles. The zero-order valence-electron chi connectivity index (χ0n) is 64.3. The molecule has 0 rings (SSSR count). The third-order valence-electron chi connectivity index (χ3n) is 18.7. The number of rotatable bonds is 77. The van der Waals surface area contributed by atoms with E-state index in [0.717, 1.165) is 108 Å². The number of aliphatic hydroxyl groups excluding tert-OH is 1. The first-order chi connectivity index (χ1) is 47.3. The lowest BCUT2D eigenvalue weighted by Gasteiger charge is -2.21. The van der Waals surface area contributed by atoms with Crippen LogP contribution >= 0.6 is 15.6 Å². The van der Waals surface area contributed by atoms with Crippen molar-refractivity contribution in [3.05, 3.63) is 0 Å². The number of phosphoric acid groups is 2. The van der Waals surface area contributed by atoms with Crippen molar-refractivity contribution < 1.29 is 80.2 Å². The van der Waals surface area contributed by atoms with Crippen molar-refractivity contribution in [3.63, 3.8) is 0 Å². The molecule has 19 heteroatoms. The van der Waals surface area contributed by atoms with E-state index in [0.29, 0.717) is 31.6 Å². The number of ether oxygens (including phenoxy) is 4. The molecule has 0 radical (unpaired) electrons. The zero-order valence-corrected chi connectivity index (χ0v) is 66.0. The molecule has 0 aliphatic rings. The molecule has 17 nitrogen and oxygen atoms in total. The van der Waals surface area contributed by atoms with Gasteiger partial charge in [0.05, 0.1) is 26.4 Å². The van der Waals surface area contributed by atoms with Crippen molar-refractivity contribution in [2.75, 3.05) is 39.6 Å². The van der Waals surface area contributed by atoms with Crippen LogP contribution in [0, 0.1) is 17.8 Å². The van der Waals surface area contributed by atoms with Crippen LogP contribution in [0.1, 0.15) is 408 Å². The van der Waals surface area contributed by atoms with Crippen LogP contribution in [0.5, 0.6) is 0 Å². The summed E-state index contributed by atoms with van der Waals surface area (Å²) in [5.74, 6) is 0.111. The van der Waals surface area contributed by atoms with Gasteiger partial charge in [-0.1, -0.05) is 357 Å². The molecule has 0 saturated carbocycles. The lowest BCUT2D eigenvalue weighted by atomic mass is 9.99. The van der Waals surface area contributed by atoms with E-state index < -0.39 is 97.5 Å². The number of hydrogen-bond donors (Lipinski definition) is 3. The lowest BCUT2D eigenvalue weighted by molar-refractivity contribution is -0.161. The fourth-order valence-electron chi connectivity index (χ4n) is 12.1. The Hall–Kier alpha value is -1.94. The van der Waals surface area contributed by atoms with E-state index in [1.807, 2.05) is 0 Å². The molecule has 0 aromatic rings. The predicted molar refractivity (Wildman–Crippen MR) is 400 cm³/mol. The van der Waals surface area contributed by atoms with Gasteiger partial charge in [-0.3, -0.25) is 37.3 Å². The van der Waals surface area contributed by atoms with Crippen molar-refractivity contribution in [1.29, 1.82) is 0 Å². The molecule has 0 amide bonds. The van der Waals surface area contributed by atoms with E-state index in [1.165, 1.54) is 212 Å². The van der Waals surface area contributed by atoms with Crippen LogP contribution in [0.25, 0.3) is 0 Å². The highest BCUT2D eigenvalue weighted by atomic mass is 31.2. The highest BCUT2D eigenvalue weighted by molar-refractivity contribution is 7.47. The molecule has 0 aliphatic heterocycles. The molecule has 0 aromatic carbocycles. The van der Waals surface area contributed by atoms with Gasteiger partial charge >= 0.3 is 39.5 Å². The molecular weight excluding hydrogens is 1280 g/mol. The monoisotopic (exact) mass is 1440 g/mol. The number of unbranched alkanes of at least 4 members (excludes halogenated alkanes) is 44. The van der Waals surface area contributed by atoms with Crippen LogP contribution < -0.4 is 0 Å². The van der Waals surface area contributed by atoms with Crippen molar-refractivity contribution in [1.82, 2.24) is 0 Å². The van der Waals surface area contributed by atoms with Gasteiger partial charge in [-0.25, -0.2) is 9.13 Å². The Labute approximate surface area is 600 Å². The Morgan fingerprint density at radius 1 is 0.296 bits per heavy atom. The maximum absolute atomic E-state index is 13.1. The van der Waals surface area contributed by atoms with Crippen molar-refractivity contribution in [3.8, 4) is 0 Å². The Kier molecular flexibility index (Phi) is 68.1. The molecule has 3 N–H and O–H groups in total. The molecule has 3 unspecified atom stereocenters. The van der Waals surface area contributed by atoms with Gasteiger partial charge in [-0.05, 0) is 43.4 Å². The maximum atomic E-state index is 13.1. The topological polar surface area (TPSA) is 237 Å². The van der Waals surface area contributed by atoms with Gasteiger partial charge in [-0.15, -0.1) is 0 Å². The second kappa shape index (κ2) is 69.4. The van der Waals surface area contributed by atoms with E-state index in [9.17, 15) is 43.2 Å². The van der Waals surface area contributed by atoms with Crippen LogP contribution in [-0.2, 0) is 65.4 Å². The number of hydrogen-bond acceptors (Lipinski definition) is 15. The number of phosphoric ester groups is 2. The maximum Gasteiger partial charge on any atom is 0.472 e. The zero-order chi connectivity index (χ0) is 72.3. The average Bonchev–Trinajstić information content (AvgIpc) is 0.992. The smallest absolute Gasteiger partial charge is 0.462 e. The van der Waals surface area contributed by atoms with Crippen LogP contribution in [0.3, 0.4) is 0 Å². The van der Waals surface area contributed by atoms with Crippen molar-refractivity contribution in [2.45, 2.75) is 426 Å². The number of carbonyl (C=O) groups excluding carboxylic acids is 4. The van der Waals surface area contributed by atoms with E-state index in [1.54, 1.807) is 0 Å². The summed E-state index contributed by atoms with van der Waals surface area (Å²) in [5, 5.41) is 10.6. The Balaban J connectivity index is 5.19. The Morgan fingerprint density at radius 2 is 0.520 bits per heavy atom. The third-order valence-corrected chi connectivity index (χ3v) is 20.6. The average molecular weight is 1440 g/mol. The molecule has 582 valence electrons. The lowest BCUT2D eigenvalue weighted by Crippen LogP contribution is -2.30. The summed E-state index contributed by atoms with van der Waals surface area (Å²) in [4.78, 5) is 72.9. The summed E-state index contributed by atoms with van der Waals surface area (Å²) < 4.78 is 68.6. The second-order valence-corrected chi connectivity index (χ2v) is 32.6. The number of carbonyl (C=O) groups is 4. The normalized spacial score (nSPS) is 14.3. The quantitative estimate of drug-likeness (QED) is 0.0222. The van der Waals surface area contributed by atoms with Crippen LogP contribution in [0.2, 0.25) is 0 Å². The van der Waals surface area contributed by atoms with Crippen LogP contribution in [0.4, 0.5) is 0 Å². The van der Waals surface area contributed by atoms with Gasteiger partial charge < -0.3 is 33.8 Å². The van der Waals surface area contributed by atoms with E-state index in [2.05, 4.69) is 48.5 Å². The molecule has 6 atom stereocenters. The number of aliphatic hydroxyl groups is 1. The van der Waals surface area contributed by atoms with Gasteiger partial charge in [0, 0.05) is 25.7 Å². The fraction of sp³-hybridized carbons (Fsp3) is 0.949. The first-order valence-electron chi connectivity index (χ1n) is 40.9. The van der Waals surface area contributed by atoms with Gasteiger partial charge in [0.15, 0.2) is 12.2 Å². The molecule has 0 aromatic heterocycles. The molecule has 0 bridgehead atoms. The van der Waals surface area contributed by atoms with Crippen molar-refractivity contribution >= 4 is 39.5 Å². The summed E-state index contributed by atoms with van der Waals surface area (Å²) in [5.41, 5.74) is 0. The summed E-state index contributed by atoms with van der Waals surface area (Å²) >= 11 is 0. The van der Waals surface area contributed by atoms with Crippen LogP contribution in [-0.4, -0.2) is 96.7 Å². The van der Waals surface area contributed by atoms with Gasteiger partial charge in [-0.2, -0.15) is 0 Å². The highest BCUT2D eigenvalue weighted by Crippen LogP contribution is 2.45. The SMILES string of the molecule is CCCCCCCCCCCCCCCCCCCCCCCCC(=O)O[C@H](COC(=O)CCCCCCCCCCCCCCC(C)C)COP(=O)(O)OC[C@@H](O)COP(=O)(O)OC[C@@H](COC(=O)CCCCCCCCC(C)C)OC(=O)CCCCCCCCCCC(C)CC. The molecule has 98 heavy (non-hydrogen) atoms. The summed E-state index contributed by atoms with van der Waals surface area (Å²) in [6, 6.07) is 0. The van der Waals surface area contributed by atoms with Gasteiger partial charge in [0.25, 0.3) is 0 Å². The molecule has 0 spiro atoms. The van der Waals surface area contributed by atoms with E-state index >= 15 is 0 Å². The minimum atomic E-state index is -4.96. The largest absolute Gasteiger partial charge is 0.472 e. The van der Waals surface area contributed by atoms with Crippen molar-refractivity contribution in [2.24, 2.45) is 17.8 Å². The third kappa shape index (κ3) is 71.1. The molecule has 0 fully saturated rings. The van der Waals surface area contributed by atoms with Gasteiger partial charge in [0.2, 0.25) is 0 Å². The first-order valence-corrected chi connectivity index (χ1v) is 43.9. The summed E-state index contributed by atoms with van der Waals surface area (Å²) in [7, 11) is -9.92. The predicted octanol–water partition coefficient (Wildman–Crippen LogP) is 23.4. The highest BCUT2D eigenvalue weighted by Gasteiger charge is 2.30. The van der Waals surface area contributed by atoms with Gasteiger partial charge in [0.1, 0.15) is 19.3 Å². The van der Waals surface area contributed by atoms with E-state index in [-0.39, 0.29) is 25.7 Å². The molecule has 0 saturated heterocycles. The fourth-order valence-corrected chi connectivity index (χ4v) is 13.7. The Bertz CT molecular complexity index is 1910. The Morgan fingerprint density at radius 3 is 0.776 bits per heavy atom. The standard InChI is InChI=1S/C79H154O17P2/c1-8-10-11-12-13-14-15-16-17-18-19-20-21-22-23-24-25-30-33-39-48-55-62-78(83)95-74(66-89-76(81)60-53-46-38-32-29-27-26-28-31-36-43-50-57-70(3)4)68-93-97(85,86)91-64-73(80)65-92-98(87,88)94-69-75(67-90-77(82)61-54-47-42-41-44-51-58-71(5)6)96-79(84)63-56-49-40-35-34-37-45-52-59-72(7)9-2/h70-75,80H,8-69H2,1-7H3,(H,85,86)(H,87,88)/t72?,73-,74-,75-/m1/s1. The minimum Gasteiger partial charge on any atom is -0.462 e. The number of esters is 4. The summed E-state index contributed by atoms with van der Waals surface area (Å²) in [6.07, 6.45) is 57.2. The first kappa shape index (κ1) is 96.1. The second-order valence-electron chi connectivity index (χ2n) is 29.6. The minimum absolute atomic E-state index is 0.104. The van der Waals surface area contributed by atoms with Crippen LogP contribution in [0.15, 0.2) is 0 Å². The molecular formula is C79H154O17P2. The van der Waals surface area contributed by atoms with E-state index in [4.69, 9.17) is 37.0 Å².